The van der Waals surface area contributed by atoms with Gasteiger partial charge in [0.15, 0.2) is 0 Å². The van der Waals surface area contributed by atoms with Crippen LogP contribution in [0.5, 0.6) is 0 Å². The van der Waals surface area contributed by atoms with E-state index >= 15 is 0 Å². The Balaban J connectivity index is 1.25. The van der Waals surface area contributed by atoms with Crippen molar-refractivity contribution < 1.29 is 14.7 Å². The molecule has 1 aromatic heterocycles. The Morgan fingerprint density at radius 1 is 1.11 bits per heavy atom. The first kappa shape index (κ1) is 23.2. The number of nitrogens with zero attached hydrogens (tertiary/aromatic N) is 4. The molecule has 0 radical (unpaired) electrons. The van der Waals surface area contributed by atoms with Gasteiger partial charge in [-0.2, -0.15) is 5.21 Å². The highest BCUT2D eigenvalue weighted by Crippen LogP contribution is 2.56. The number of benzene rings is 2. The number of hydroxylamine groups is 2. The van der Waals surface area contributed by atoms with E-state index in [1.807, 2.05) is 17.2 Å². The minimum Gasteiger partial charge on any atom is -0.478 e. The largest absolute Gasteiger partial charge is 0.478 e. The Kier molecular flexibility index (Phi) is 5.34. The number of aromatic nitrogens is 4. The molecule has 4 atom stereocenters. The molecule has 3 heterocycles. The number of allylic oxidation sites excluding steroid dienone is 1. The van der Waals surface area contributed by atoms with Crippen molar-refractivity contribution >= 4 is 29.2 Å². The summed E-state index contributed by atoms with van der Waals surface area (Å²) in [6.07, 6.45) is 3.54. The molecule has 3 fully saturated rings. The van der Waals surface area contributed by atoms with Crippen molar-refractivity contribution in [3.05, 3.63) is 75.0 Å². The van der Waals surface area contributed by atoms with Crippen molar-refractivity contribution in [1.82, 2.24) is 31.0 Å². The molecular weight excluding hydrogens is 515 g/mol. The first-order valence-corrected chi connectivity index (χ1v) is 13.2. The molecule has 9 nitrogen and oxygen atoms in total. The predicted molar refractivity (Wildman–Crippen MR) is 135 cm³/mol. The maximum Gasteiger partial charge on any atom is 0.337 e. The number of aromatic amines is 1. The van der Waals surface area contributed by atoms with Crippen LogP contribution in [-0.4, -0.2) is 49.3 Å². The summed E-state index contributed by atoms with van der Waals surface area (Å²) < 4.78 is 0. The third-order valence-electron chi connectivity index (χ3n) is 8.23. The Hall–Kier alpha value is -2.98. The molecule has 2 aromatic carbocycles. The second kappa shape index (κ2) is 8.52. The average Bonchev–Trinajstić information content (AvgIpc) is 3.27. The van der Waals surface area contributed by atoms with E-state index in [4.69, 9.17) is 28.0 Å². The highest BCUT2D eigenvalue weighted by atomic mass is 35.5. The number of carboxylic acids is 1. The smallest absolute Gasteiger partial charge is 0.337 e. The van der Waals surface area contributed by atoms with Crippen LogP contribution in [0.4, 0.5) is 0 Å². The average molecular weight is 539 g/mol. The molecule has 3 N–H and O–H groups in total. The van der Waals surface area contributed by atoms with Crippen LogP contribution >= 0.6 is 23.2 Å². The molecule has 11 heteroatoms. The molecule has 37 heavy (non-hydrogen) atoms. The summed E-state index contributed by atoms with van der Waals surface area (Å²) in [7, 11) is 0. The van der Waals surface area contributed by atoms with E-state index in [0.29, 0.717) is 27.2 Å². The van der Waals surface area contributed by atoms with Crippen LogP contribution in [0.2, 0.25) is 10.0 Å². The van der Waals surface area contributed by atoms with E-state index < -0.39 is 12.0 Å². The number of H-pyrrole nitrogens is 1. The summed E-state index contributed by atoms with van der Waals surface area (Å²) in [6.45, 7) is 0.807. The van der Waals surface area contributed by atoms with Gasteiger partial charge in [0.05, 0.1) is 6.04 Å². The first-order valence-electron chi connectivity index (χ1n) is 12.4. The van der Waals surface area contributed by atoms with Crippen molar-refractivity contribution in [2.45, 2.75) is 43.3 Å². The standard InChI is InChI=1S/C26H24Cl2N6O3/c27-17-2-1-3-18(28)20(17)22-21(25(35)36)23(13-4-5-13)37-34(22)19-11-26(10-15(19)12-29-26)16-8-6-14(7-9-16)24-30-32-33-31-24/h1-3,6-9,13,15,19,22,29H,4-5,10-12H2,(H,35,36)(H,30,31,32,33). The van der Waals surface area contributed by atoms with Gasteiger partial charge in [0.2, 0.25) is 5.82 Å². The van der Waals surface area contributed by atoms with Gasteiger partial charge < -0.3 is 15.3 Å². The van der Waals surface area contributed by atoms with Crippen molar-refractivity contribution in [3.63, 3.8) is 0 Å². The van der Waals surface area contributed by atoms with Crippen LogP contribution in [0.1, 0.15) is 42.9 Å². The lowest BCUT2D eigenvalue weighted by Crippen LogP contribution is -2.48. The lowest BCUT2D eigenvalue weighted by molar-refractivity contribution is -0.167. The van der Waals surface area contributed by atoms with Gasteiger partial charge in [-0.3, -0.25) is 0 Å². The van der Waals surface area contributed by atoms with Gasteiger partial charge in [-0.05, 0) is 54.5 Å². The number of hydrogen-bond acceptors (Lipinski definition) is 7. The van der Waals surface area contributed by atoms with E-state index in [1.54, 1.807) is 18.2 Å². The van der Waals surface area contributed by atoms with Gasteiger partial charge in [-0.1, -0.05) is 53.5 Å². The number of tetrazole rings is 1. The number of carbonyl (C=O) groups is 1. The Morgan fingerprint density at radius 2 is 1.86 bits per heavy atom. The molecule has 0 amide bonds. The second-order valence-corrected chi connectivity index (χ2v) is 11.2. The summed E-state index contributed by atoms with van der Waals surface area (Å²) in [5.41, 5.74) is 2.67. The van der Waals surface area contributed by atoms with Crippen LogP contribution in [0, 0.1) is 11.8 Å². The quantitative estimate of drug-likeness (QED) is 0.420. The normalized spacial score (nSPS) is 29.2. The molecule has 7 rings (SSSR count). The van der Waals surface area contributed by atoms with Gasteiger partial charge in [-0.15, -0.1) is 15.3 Å². The first-order chi connectivity index (χ1) is 17.9. The van der Waals surface area contributed by atoms with E-state index in [0.717, 1.165) is 37.8 Å². The molecule has 2 aliphatic carbocycles. The zero-order valence-electron chi connectivity index (χ0n) is 19.7. The van der Waals surface area contributed by atoms with Gasteiger partial charge in [0, 0.05) is 39.2 Å². The van der Waals surface area contributed by atoms with E-state index in [-0.39, 0.29) is 29.0 Å². The fourth-order valence-corrected chi connectivity index (χ4v) is 6.97. The summed E-state index contributed by atoms with van der Waals surface area (Å²) in [5.74, 6) is 0.522. The highest BCUT2D eigenvalue weighted by molar-refractivity contribution is 6.36. The molecule has 3 aromatic rings. The fraction of sp³-hybridized carbons (Fsp3) is 0.385. The van der Waals surface area contributed by atoms with Crippen molar-refractivity contribution in [2.75, 3.05) is 6.54 Å². The molecule has 190 valence electrons. The maximum atomic E-state index is 12.6. The number of hydrogen-bond donors (Lipinski definition) is 3. The second-order valence-electron chi connectivity index (χ2n) is 10.4. The summed E-state index contributed by atoms with van der Waals surface area (Å²) in [5, 5.41) is 31.1. The Morgan fingerprint density at radius 3 is 2.51 bits per heavy atom. The Bertz CT molecular complexity index is 1390. The molecule has 4 unspecified atom stereocenters. The fourth-order valence-electron chi connectivity index (χ4n) is 6.37. The summed E-state index contributed by atoms with van der Waals surface area (Å²) in [6, 6.07) is 12.8. The van der Waals surface area contributed by atoms with Gasteiger partial charge in [-0.25, -0.2) is 4.79 Å². The molecule has 2 bridgehead atoms. The van der Waals surface area contributed by atoms with Crippen LogP contribution in [0.15, 0.2) is 53.8 Å². The van der Waals surface area contributed by atoms with Gasteiger partial charge in [0.1, 0.15) is 17.4 Å². The van der Waals surface area contributed by atoms with Crippen LogP contribution in [0.3, 0.4) is 0 Å². The summed E-state index contributed by atoms with van der Waals surface area (Å²) >= 11 is 13.3. The zero-order chi connectivity index (χ0) is 25.3. The molecule has 0 spiro atoms. The molecule has 1 saturated heterocycles. The van der Waals surface area contributed by atoms with Crippen molar-refractivity contribution in [1.29, 1.82) is 0 Å². The lowest BCUT2D eigenvalue weighted by atomic mass is 9.87. The number of aliphatic carboxylic acids is 1. The summed E-state index contributed by atoms with van der Waals surface area (Å²) in [4.78, 5) is 19.1. The molecule has 2 saturated carbocycles. The SMILES string of the molecule is O=C(O)C1=C(C2CC2)ON(C2CC3(c4ccc(-c5nn[nH]n5)cc4)CC2CN3)C1c1c(Cl)cccc1Cl. The molecule has 4 aliphatic rings. The number of fused-ring (bicyclic) bond motifs is 2. The number of halogens is 2. The van der Waals surface area contributed by atoms with Crippen molar-refractivity contribution in [3.8, 4) is 11.4 Å². The maximum absolute atomic E-state index is 12.6. The minimum absolute atomic E-state index is 0.0129. The third-order valence-corrected chi connectivity index (χ3v) is 8.89. The number of nitrogens with one attached hydrogen (secondary N) is 2. The minimum atomic E-state index is -0.988. The number of piperidine rings is 1. The highest BCUT2D eigenvalue weighted by Gasteiger charge is 2.58. The van der Waals surface area contributed by atoms with Crippen LogP contribution in [0.25, 0.3) is 11.4 Å². The molecule has 2 aliphatic heterocycles. The van der Waals surface area contributed by atoms with E-state index in [2.05, 4.69) is 38.1 Å². The van der Waals surface area contributed by atoms with Gasteiger partial charge >= 0.3 is 5.97 Å². The van der Waals surface area contributed by atoms with E-state index in [1.165, 1.54) is 5.56 Å². The predicted octanol–water partition coefficient (Wildman–Crippen LogP) is 4.49. The lowest BCUT2D eigenvalue weighted by Gasteiger charge is -2.38. The molecular formula is C26H24Cl2N6O3. The van der Waals surface area contributed by atoms with Crippen LogP contribution < -0.4 is 5.32 Å². The van der Waals surface area contributed by atoms with Crippen molar-refractivity contribution in [2.24, 2.45) is 11.8 Å². The zero-order valence-corrected chi connectivity index (χ0v) is 21.2. The topological polar surface area (TPSA) is 116 Å². The monoisotopic (exact) mass is 538 g/mol. The van der Waals surface area contributed by atoms with E-state index in [9.17, 15) is 9.90 Å². The third kappa shape index (κ3) is 3.67. The number of carboxylic acid groups (broad SMARTS) is 1. The van der Waals surface area contributed by atoms with Crippen LogP contribution in [-0.2, 0) is 15.2 Å². The number of rotatable bonds is 6. The Labute approximate surface area is 222 Å². The van der Waals surface area contributed by atoms with Gasteiger partial charge in [0.25, 0.3) is 0 Å².